The van der Waals surface area contributed by atoms with Gasteiger partial charge in [-0.3, -0.25) is 10.1 Å². The predicted octanol–water partition coefficient (Wildman–Crippen LogP) is 3.98. The number of nitrogens with zero attached hydrogens (tertiary/aromatic N) is 1. The summed E-state index contributed by atoms with van der Waals surface area (Å²) in [5, 5.41) is 20.9. The molecule has 106 valence electrons. The summed E-state index contributed by atoms with van der Waals surface area (Å²) in [4.78, 5) is 10.6. The minimum atomic E-state index is -0.833. The van der Waals surface area contributed by atoms with E-state index in [1.54, 1.807) is 13.0 Å². The van der Waals surface area contributed by atoms with Gasteiger partial charge >= 0.3 is 5.69 Å². The Hall–Kier alpha value is -1.14. The average Bonchev–Trinajstić information content (AvgIpc) is 2.36. The number of aliphatic hydroxyl groups is 1. The van der Waals surface area contributed by atoms with Gasteiger partial charge < -0.3 is 9.84 Å². The molecule has 5 nitrogen and oxygen atoms in total. The van der Waals surface area contributed by atoms with Gasteiger partial charge in [0.15, 0.2) is 0 Å². The Kier molecular flexibility index (Phi) is 5.75. The number of ether oxygens (including phenoxy) is 1. The van der Waals surface area contributed by atoms with Crippen molar-refractivity contribution in [3.05, 3.63) is 32.3 Å². The topological polar surface area (TPSA) is 72.6 Å². The molecule has 1 aromatic carbocycles. The van der Waals surface area contributed by atoms with Crippen molar-refractivity contribution in [2.75, 3.05) is 0 Å². The molecule has 1 atom stereocenters. The van der Waals surface area contributed by atoms with Crippen molar-refractivity contribution in [2.45, 2.75) is 45.8 Å². The SMILES string of the molecule is CCC(CC)Oc1c([C@@H](C)O)cc(Br)cc1[N+](=O)[O-]. The fraction of sp³-hybridized carbons (Fsp3) is 0.538. The molecule has 0 spiro atoms. The highest BCUT2D eigenvalue weighted by Crippen LogP contribution is 2.38. The Morgan fingerprint density at radius 2 is 2.00 bits per heavy atom. The maximum Gasteiger partial charge on any atom is 0.312 e. The van der Waals surface area contributed by atoms with Crippen LogP contribution in [0.1, 0.15) is 45.3 Å². The van der Waals surface area contributed by atoms with Crippen molar-refractivity contribution in [3.8, 4) is 5.75 Å². The molecule has 6 heteroatoms. The monoisotopic (exact) mass is 331 g/mol. The Bertz CT molecular complexity index is 458. The minimum absolute atomic E-state index is 0.0997. The molecular weight excluding hydrogens is 314 g/mol. The second-order valence-electron chi connectivity index (χ2n) is 4.33. The van der Waals surface area contributed by atoms with Crippen molar-refractivity contribution in [2.24, 2.45) is 0 Å². The molecule has 0 aromatic heterocycles. The molecule has 0 unspecified atom stereocenters. The van der Waals surface area contributed by atoms with Crippen LogP contribution in [0.5, 0.6) is 5.75 Å². The van der Waals surface area contributed by atoms with E-state index in [0.29, 0.717) is 10.0 Å². The number of halogens is 1. The van der Waals surface area contributed by atoms with Crippen LogP contribution in [0.3, 0.4) is 0 Å². The maximum absolute atomic E-state index is 11.1. The van der Waals surface area contributed by atoms with Crippen molar-refractivity contribution >= 4 is 21.6 Å². The molecule has 0 aliphatic carbocycles. The van der Waals surface area contributed by atoms with E-state index in [2.05, 4.69) is 15.9 Å². The third kappa shape index (κ3) is 3.91. The molecule has 19 heavy (non-hydrogen) atoms. The van der Waals surface area contributed by atoms with Crippen LogP contribution in [0.4, 0.5) is 5.69 Å². The highest BCUT2D eigenvalue weighted by molar-refractivity contribution is 9.10. The molecule has 1 rings (SSSR count). The number of rotatable bonds is 6. The van der Waals surface area contributed by atoms with Crippen molar-refractivity contribution in [1.82, 2.24) is 0 Å². The lowest BCUT2D eigenvalue weighted by Crippen LogP contribution is -2.16. The number of nitro groups is 1. The summed E-state index contributed by atoms with van der Waals surface area (Å²) >= 11 is 3.21. The first kappa shape index (κ1) is 15.9. The molecule has 0 aliphatic rings. The smallest absolute Gasteiger partial charge is 0.312 e. The molecule has 0 amide bonds. The maximum atomic E-state index is 11.1. The first-order chi connectivity index (χ1) is 8.90. The van der Waals surface area contributed by atoms with Crippen LogP contribution >= 0.6 is 15.9 Å². The van der Waals surface area contributed by atoms with Crippen molar-refractivity contribution in [1.29, 1.82) is 0 Å². The number of benzene rings is 1. The summed E-state index contributed by atoms with van der Waals surface area (Å²) in [5.41, 5.74) is 0.296. The van der Waals surface area contributed by atoms with Crippen molar-refractivity contribution in [3.63, 3.8) is 0 Å². The molecule has 1 N–H and O–H groups in total. The van der Waals surface area contributed by atoms with E-state index < -0.39 is 11.0 Å². The molecule has 0 heterocycles. The van der Waals surface area contributed by atoms with Gasteiger partial charge in [-0.05, 0) is 25.8 Å². The zero-order valence-corrected chi connectivity index (χ0v) is 12.8. The van der Waals surface area contributed by atoms with E-state index in [9.17, 15) is 15.2 Å². The third-order valence-electron chi connectivity index (χ3n) is 2.90. The van der Waals surface area contributed by atoms with Crippen LogP contribution in [-0.2, 0) is 0 Å². The molecule has 0 aliphatic heterocycles. The molecule has 0 fully saturated rings. The molecule has 1 aromatic rings. The van der Waals surface area contributed by atoms with Gasteiger partial charge in [-0.25, -0.2) is 0 Å². The lowest BCUT2D eigenvalue weighted by atomic mass is 10.1. The van der Waals surface area contributed by atoms with Gasteiger partial charge in [0, 0.05) is 16.1 Å². The molecule has 0 saturated heterocycles. The van der Waals surface area contributed by atoms with Gasteiger partial charge in [-0.1, -0.05) is 29.8 Å². The Labute approximate surface area is 120 Å². The summed E-state index contributed by atoms with van der Waals surface area (Å²) in [5.74, 6) is 0.164. The first-order valence-electron chi connectivity index (χ1n) is 6.23. The van der Waals surface area contributed by atoms with E-state index in [0.717, 1.165) is 12.8 Å². The van der Waals surface area contributed by atoms with Gasteiger partial charge in [-0.15, -0.1) is 0 Å². The third-order valence-corrected chi connectivity index (χ3v) is 3.36. The number of nitro benzene ring substituents is 1. The minimum Gasteiger partial charge on any atom is -0.483 e. The molecule has 0 saturated carbocycles. The molecule has 0 bridgehead atoms. The molecular formula is C13H18BrNO4. The highest BCUT2D eigenvalue weighted by atomic mass is 79.9. The van der Waals surface area contributed by atoms with E-state index in [4.69, 9.17) is 4.74 Å². The summed E-state index contributed by atoms with van der Waals surface area (Å²) < 4.78 is 6.28. The fourth-order valence-corrected chi connectivity index (χ4v) is 2.26. The summed E-state index contributed by atoms with van der Waals surface area (Å²) in [6.07, 6.45) is 0.573. The zero-order valence-electron chi connectivity index (χ0n) is 11.2. The van der Waals surface area contributed by atoms with Gasteiger partial charge in [0.1, 0.15) is 0 Å². The summed E-state index contributed by atoms with van der Waals surface area (Å²) in [6.45, 7) is 5.48. The zero-order chi connectivity index (χ0) is 14.6. The van der Waals surface area contributed by atoms with Crippen LogP contribution in [0.2, 0.25) is 0 Å². The summed E-state index contributed by atoms with van der Waals surface area (Å²) in [6, 6.07) is 3.04. The number of aliphatic hydroxyl groups excluding tert-OH is 1. The van der Waals surface area contributed by atoms with Crippen LogP contribution < -0.4 is 4.74 Å². The van der Waals surface area contributed by atoms with Crippen LogP contribution in [0, 0.1) is 10.1 Å². The fourth-order valence-electron chi connectivity index (χ4n) is 1.80. The predicted molar refractivity (Wildman–Crippen MR) is 76.4 cm³/mol. The second-order valence-corrected chi connectivity index (χ2v) is 5.25. The van der Waals surface area contributed by atoms with Gasteiger partial charge in [-0.2, -0.15) is 0 Å². The van der Waals surface area contributed by atoms with Crippen molar-refractivity contribution < 1.29 is 14.8 Å². The summed E-state index contributed by atoms with van der Waals surface area (Å²) in [7, 11) is 0. The van der Waals surface area contributed by atoms with E-state index in [-0.39, 0.29) is 17.5 Å². The van der Waals surface area contributed by atoms with E-state index in [1.807, 2.05) is 13.8 Å². The van der Waals surface area contributed by atoms with Crippen LogP contribution in [0.15, 0.2) is 16.6 Å². The lowest BCUT2D eigenvalue weighted by Gasteiger charge is -2.19. The van der Waals surface area contributed by atoms with E-state index >= 15 is 0 Å². The second kappa shape index (κ2) is 6.86. The Balaban J connectivity index is 3.34. The molecule has 0 radical (unpaired) electrons. The average molecular weight is 332 g/mol. The quantitative estimate of drug-likeness (QED) is 0.632. The first-order valence-corrected chi connectivity index (χ1v) is 7.02. The highest BCUT2D eigenvalue weighted by Gasteiger charge is 2.25. The standard InChI is InChI=1S/C13H18BrNO4/c1-4-10(5-2)19-13-11(8(3)16)6-9(14)7-12(13)15(17)18/h6-8,10,16H,4-5H2,1-3H3/t8-/m1/s1. The van der Waals surface area contributed by atoms with Gasteiger partial charge in [0.25, 0.3) is 0 Å². The Morgan fingerprint density at radius 3 is 2.42 bits per heavy atom. The normalized spacial score (nSPS) is 12.5. The number of hydrogen-bond donors (Lipinski definition) is 1. The van der Waals surface area contributed by atoms with E-state index in [1.165, 1.54) is 6.07 Å². The lowest BCUT2D eigenvalue weighted by molar-refractivity contribution is -0.386. The Morgan fingerprint density at radius 1 is 1.42 bits per heavy atom. The van der Waals surface area contributed by atoms with Gasteiger partial charge in [0.2, 0.25) is 5.75 Å². The van der Waals surface area contributed by atoms with Gasteiger partial charge in [0.05, 0.1) is 17.1 Å². The number of hydrogen-bond acceptors (Lipinski definition) is 4. The van der Waals surface area contributed by atoms with Crippen LogP contribution in [-0.4, -0.2) is 16.1 Å². The van der Waals surface area contributed by atoms with Crippen LogP contribution in [0.25, 0.3) is 0 Å². The largest absolute Gasteiger partial charge is 0.483 e.